The third-order valence-electron chi connectivity index (χ3n) is 3.88. The molecule has 1 saturated heterocycles. The predicted octanol–water partition coefficient (Wildman–Crippen LogP) is 3.60. The highest BCUT2D eigenvalue weighted by molar-refractivity contribution is 5.69. The Labute approximate surface area is 129 Å². The van der Waals surface area contributed by atoms with Gasteiger partial charge in [0, 0.05) is 6.42 Å². The van der Waals surface area contributed by atoms with Crippen LogP contribution in [0, 0.1) is 0 Å². The second-order valence-electron chi connectivity index (χ2n) is 6.19. The Balaban J connectivity index is 1.84. The minimum Gasteiger partial charge on any atom is -0.463 e. The van der Waals surface area contributed by atoms with Crippen molar-refractivity contribution in [3.8, 4) is 0 Å². The number of esters is 1. The summed E-state index contributed by atoms with van der Waals surface area (Å²) in [4.78, 5) is 11.3. The van der Waals surface area contributed by atoms with Crippen LogP contribution in [0.4, 0.5) is 0 Å². The van der Waals surface area contributed by atoms with Gasteiger partial charge in [-0.25, -0.2) is 0 Å². The molecule has 0 aromatic carbocycles. The van der Waals surface area contributed by atoms with E-state index in [9.17, 15) is 4.79 Å². The van der Waals surface area contributed by atoms with Crippen LogP contribution < -0.4 is 0 Å². The van der Waals surface area contributed by atoms with Crippen LogP contribution in [-0.2, 0) is 14.3 Å². The van der Waals surface area contributed by atoms with Crippen LogP contribution in [0.25, 0.3) is 0 Å². The molecule has 21 heavy (non-hydrogen) atoms. The Morgan fingerprint density at radius 1 is 1.10 bits per heavy atom. The molecule has 0 radical (unpaired) electrons. The molecular weight excluding hydrogens is 268 g/mol. The van der Waals surface area contributed by atoms with Crippen molar-refractivity contribution in [1.29, 1.82) is 0 Å². The van der Waals surface area contributed by atoms with Crippen molar-refractivity contribution in [2.24, 2.45) is 0 Å². The van der Waals surface area contributed by atoms with Gasteiger partial charge in [-0.15, -0.1) is 0 Å². The van der Waals surface area contributed by atoms with E-state index in [-0.39, 0.29) is 12.6 Å². The van der Waals surface area contributed by atoms with Crippen molar-refractivity contribution in [1.82, 2.24) is 0 Å². The van der Waals surface area contributed by atoms with Gasteiger partial charge in [-0.3, -0.25) is 4.79 Å². The third kappa shape index (κ3) is 9.86. The second kappa shape index (κ2) is 11.0. The molecule has 4 heteroatoms. The van der Waals surface area contributed by atoms with E-state index in [0.29, 0.717) is 18.6 Å². The summed E-state index contributed by atoms with van der Waals surface area (Å²) in [7, 11) is 0. The molecule has 1 aliphatic rings. The maximum atomic E-state index is 11.3. The minimum atomic E-state index is -0.574. The van der Waals surface area contributed by atoms with Crippen molar-refractivity contribution >= 4 is 5.97 Å². The van der Waals surface area contributed by atoms with E-state index < -0.39 is 6.10 Å². The molecule has 1 heterocycles. The SMILES string of the molecule is CCCCCCC1OC1CCCCCC(=O)OCC(C)O. The first kappa shape index (κ1) is 18.4. The molecule has 0 saturated carbocycles. The molecule has 3 unspecified atom stereocenters. The number of epoxide rings is 1. The number of carbonyl (C=O) groups is 1. The van der Waals surface area contributed by atoms with Gasteiger partial charge in [-0.2, -0.15) is 0 Å². The summed E-state index contributed by atoms with van der Waals surface area (Å²) < 4.78 is 10.6. The van der Waals surface area contributed by atoms with E-state index in [1.165, 1.54) is 32.1 Å². The van der Waals surface area contributed by atoms with Crippen LogP contribution in [0.2, 0.25) is 0 Å². The Morgan fingerprint density at radius 2 is 1.71 bits per heavy atom. The van der Waals surface area contributed by atoms with Crippen LogP contribution in [0.15, 0.2) is 0 Å². The lowest BCUT2D eigenvalue weighted by Gasteiger charge is -2.06. The highest BCUT2D eigenvalue weighted by Crippen LogP contribution is 2.31. The third-order valence-corrected chi connectivity index (χ3v) is 3.88. The molecule has 1 N–H and O–H groups in total. The van der Waals surface area contributed by atoms with Crippen molar-refractivity contribution in [3.63, 3.8) is 0 Å². The van der Waals surface area contributed by atoms with E-state index in [2.05, 4.69) is 6.92 Å². The average molecular weight is 300 g/mol. The van der Waals surface area contributed by atoms with Gasteiger partial charge in [0.1, 0.15) is 6.61 Å². The van der Waals surface area contributed by atoms with E-state index in [0.717, 1.165) is 25.7 Å². The summed E-state index contributed by atoms with van der Waals surface area (Å²) in [5, 5.41) is 9.00. The van der Waals surface area contributed by atoms with E-state index in [1.54, 1.807) is 6.92 Å². The van der Waals surface area contributed by atoms with Crippen molar-refractivity contribution in [2.45, 2.75) is 96.4 Å². The summed E-state index contributed by atoms with van der Waals surface area (Å²) in [6.45, 7) is 3.95. The first-order chi connectivity index (χ1) is 10.1. The molecule has 124 valence electrons. The fourth-order valence-electron chi connectivity index (χ4n) is 2.54. The zero-order valence-corrected chi connectivity index (χ0v) is 13.7. The fraction of sp³-hybridized carbons (Fsp3) is 0.941. The Hall–Kier alpha value is -0.610. The lowest BCUT2D eigenvalue weighted by Crippen LogP contribution is -2.14. The summed E-state index contributed by atoms with van der Waals surface area (Å²) >= 11 is 0. The Kier molecular flexibility index (Phi) is 9.68. The number of hydrogen-bond acceptors (Lipinski definition) is 4. The van der Waals surface area contributed by atoms with Gasteiger partial charge < -0.3 is 14.6 Å². The molecule has 1 rings (SSSR count). The molecule has 0 spiro atoms. The molecule has 3 atom stereocenters. The monoisotopic (exact) mass is 300 g/mol. The van der Waals surface area contributed by atoms with Crippen LogP contribution in [0.1, 0.15) is 78.1 Å². The largest absolute Gasteiger partial charge is 0.463 e. The highest BCUT2D eigenvalue weighted by Gasteiger charge is 2.36. The zero-order valence-electron chi connectivity index (χ0n) is 13.7. The highest BCUT2D eigenvalue weighted by atomic mass is 16.6. The number of aliphatic hydroxyl groups is 1. The molecule has 0 bridgehead atoms. The van der Waals surface area contributed by atoms with Gasteiger partial charge >= 0.3 is 5.97 Å². The molecular formula is C17H32O4. The second-order valence-corrected chi connectivity index (χ2v) is 6.19. The zero-order chi connectivity index (χ0) is 15.5. The van der Waals surface area contributed by atoms with E-state index >= 15 is 0 Å². The van der Waals surface area contributed by atoms with E-state index in [1.807, 2.05) is 0 Å². The summed E-state index contributed by atoms with van der Waals surface area (Å²) in [6, 6.07) is 0. The van der Waals surface area contributed by atoms with Crippen molar-refractivity contribution in [2.75, 3.05) is 6.61 Å². The van der Waals surface area contributed by atoms with E-state index in [4.69, 9.17) is 14.6 Å². The molecule has 0 amide bonds. The lowest BCUT2D eigenvalue weighted by atomic mass is 10.1. The van der Waals surface area contributed by atoms with Gasteiger partial charge in [0.25, 0.3) is 0 Å². The quantitative estimate of drug-likeness (QED) is 0.321. The van der Waals surface area contributed by atoms with Crippen LogP contribution in [-0.4, -0.2) is 36.0 Å². The van der Waals surface area contributed by atoms with Crippen molar-refractivity contribution in [3.05, 3.63) is 0 Å². The van der Waals surface area contributed by atoms with Gasteiger partial charge in [-0.1, -0.05) is 45.4 Å². The summed E-state index contributed by atoms with van der Waals surface area (Å²) in [5.41, 5.74) is 0. The average Bonchev–Trinajstić information content (AvgIpc) is 3.19. The predicted molar refractivity (Wildman–Crippen MR) is 83.1 cm³/mol. The lowest BCUT2D eigenvalue weighted by molar-refractivity contribution is -0.146. The summed E-state index contributed by atoms with van der Waals surface area (Å²) in [5.74, 6) is -0.202. The normalized spacial score (nSPS) is 22.0. The first-order valence-corrected chi connectivity index (χ1v) is 8.62. The maximum Gasteiger partial charge on any atom is 0.305 e. The standard InChI is InChI=1S/C17H32O4/c1-3-4-5-7-10-15-16(21-15)11-8-6-9-12-17(19)20-13-14(2)18/h14-16,18H,3-13H2,1-2H3. The van der Waals surface area contributed by atoms with Gasteiger partial charge in [0.2, 0.25) is 0 Å². The number of rotatable bonds is 13. The molecule has 0 aliphatic carbocycles. The number of carbonyl (C=O) groups excluding carboxylic acids is 1. The van der Waals surface area contributed by atoms with Crippen LogP contribution in [0.5, 0.6) is 0 Å². The van der Waals surface area contributed by atoms with Gasteiger partial charge in [-0.05, 0) is 26.2 Å². The molecule has 4 nitrogen and oxygen atoms in total. The molecule has 1 aliphatic heterocycles. The first-order valence-electron chi connectivity index (χ1n) is 8.62. The Morgan fingerprint density at radius 3 is 2.29 bits per heavy atom. The molecule has 0 aromatic rings. The van der Waals surface area contributed by atoms with Gasteiger partial charge in [0.05, 0.1) is 18.3 Å². The number of aliphatic hydroxyl groups excluding tert-OH is 1. The van der Waals surface area contributed by atoms with Crippen molar-refractivity contribution < 1.29 is 19.4 Å². The number of unbranched alkanes of at least 4 members (excludes halogenated alkanes) is 5. The maximum absolute atomic E-state index is 11.3. The van der Waals surface area contributed by atoms with Crippen LogP contribution >= 0.6 is 0 Å². The number of ether oxygens (including phenoxy) is 2. The smallest absolute Gasteiger partial charge is 0.305 e. The number of hydrogen-bond donors (Lipinski definition) is 1. The molecule has 0 aromatic heterocycles. The Bertz CT molecular complexity index is 278. The van der Waals surface area contributed by atoms with Crippen LogP contribution in [0.3, 0.4) is 0 Å². The minimum absolute atomic E-state index is 0.106. The van der Waals surface area contributed by atoms with Gasteiger partial charge in [0.15, 0.2) is 0 Å². The summed E-state index contributed by atoms with van der Waals surface area (Å²) in [6.07, 6.45) is 11.5. The molecule has 1 fully saturated rings. The fourth-order valence-corrected chi connectivity index (χ4v) is 2.54. The topological polar surface area (TPSA) is 59.1 Å².